The number of anilines is 1. The molecule has 9 heteroatoms. The molecule has 2 aromatic heterocycles. The zero-order valence-electron chi connectivity index (χ0n) is 18.1. The molecule has 0 fully saturated rings. The summed E-state index contributed by atoms with van der Waals surface area (Å²) >= 11 is 12.4. The van der Waals surface area contributed by atoms with Crippen LogP contribution >= 0.6 is 23.2 Å². The van der Waals surface area contributed by atoms with Gasteiger partial charge in [0.05, 0.1) is 11.9 Å². The summed E-state index contributed by atoms with van der Waals surface area (Å²) in [5, 5.41) is 20.1. The lowest BCUT2D eigenvalue weighted by atomic mass is 10.1. The van der Waals surface area contributed by atoms with Crippen LogP contribution in [-0.4, -0.2) is 36.0 Å². The Balaban J connectivity index is 1.28. The van der Waals surface area contributed by atoms with Crippen LogP contribution < -0.4 is 5.32 Å². The lowest BCUT2D eigenvalue weighted by Crippen LogP contribution is -2.29. The predicted octanol–water partition coefficient (Wildman–Crippen LogP) is 5.00. The van der Waals surface area contributed by atoms with Crippen molar-refractivity contribution in [3.63, 3.8) is 0 Å². The smallest absolute Gasteiger partial charge is 0.186 e. The molecule has 0 saturated heterocycles. The monoisotopic (exact) mass is 492 g/mol. The van der Waals surface area contributed by atoms with E-state index in [1.54, 1.807) is 18.2 Å². The summed E-state index contributed by atoms with van der Waals surface area (Å²) in [6, 6.07) is 13.7. The fraction of sp³-hybridized carbons (Fsp3) is 0.160. The first-order valence-corrected chi connectivity index (χ1v) is 11.5. The summed E-state index contributed by atoms with van der Waals surface area (Å²) in [7, 11) is 0. The number of halogens is 2. The number of fused-ring (bicyclic) bond motifs is 1. The molecule has 0 aliphatic carbocycles. The summed E-state index contributed by atoms with van der Waals surface area (Å²) < 4.78 is 1.85. The van der Waals surface area contributed by atoms with Gasteiger partial charge >= 0.3 is 0 Å². The summed E-state index contributed by atoms with van der Waals surface area (Å²) in [6.07, 6.45) is 10.2. The minimum atomic E-state index is -0.597. The molecule has 0 radical (unpaired) electrons. The standard InChI is InChI=1S/C25H22Cl2N6O/c26-20-8-9-22(27)19(11-20)12-28-24-21-15-33(31-25(21)30-16-29-24)14-18-6-4-17(5-7-18)13-32-10-2-1-3-23(32)34/h1-11,15-16,23,34H,12-14H2,(H,28,29,30,31). The molecular weight excluding hydrogens is 471 g/mol. The number of nitrogens with one attached hydrogen (secondary N) is 1. The molecule has 3 heterocycles. The van der Waals surface area contributed by atoms with Crippen molar-refractivity contribution in [3.8, 4) is 0 Å². The molecule has 0 bridgehead atoms. The van der Waals surface area contributed by atoms with Gasteiger partial charge in [-0.15, -0.1) is 0 Å². The summed E-state index contributed by atoms with van der Waals surface area (Å²) in [5.41, 5.74) is 3.73. The van der Waals surface area contributed by atoms with Gasteiger partial charge in [0.1, 0.15) is 18.4 Å². The van der Waals surface area contributed by atoms with Crippen molar-refractivity contribution in [2.45, 2.75) is 25.9 Å². The third-order valence-electron chi connectivity index (χ3n) is 5.56. The topological polar surface area (TPSA) is 79.1 Å². The molecule has 2 N–H and O–H groups in total. The Bertz CT molecular complexity index is 1370. The molecule has 1 aliphatic rings. The van der Waals surface area contributed by atoms with Gasteiger partial charge in [-0.2, -0.15) is 5.10 Å². The maximum atomic E-state index is 10.0. The quantitative estimate of drug-likeness (QED) is 0.378. The second kappa shape index (κ2) is 9.85. The van der Waals surface area contributed by atoms with Crippen LogP contribution in [0.3, 0.4) is 0 Å². The van der Waals surface area contributed by atoms with Crippen LogP contribution in [0.2, 0.25) is 10.0 Å². The van der Waals surface area contributed by atoms with E-state index in [4.69, 9.17) is 23.2 Å². The highest BCUT2D eigenvalue weighted by Gasteiger charge is 2.12. The predicted molar refractivity (Wildman–Crippen MR) is 134 cm³/mol. The van der Waals surface area contributed by atoms with E-state index in [-0.39, 0.29) is 0 Å². The highest BCUT2D eigenvalue weighted by atomic mass is 35.5. The van der Waals surface area contributed by atoms with Crippen LogP contribution in [0.1, 0.15) is 16.7 Å². The lowest BCUT2D eigenvalue weighted by Gasteiger charge is -2.26. The van der Waals surface area contributed by atoms with Gasteiger partial charge in [-0.1, -0.05) is 53.5 Å². The fourth-order valence-electron chi connectivity index (χ4n) is 3.78. The molecule has 0 saturated carbocycles. The summed E-state index contributed by atoms with van der Waals surface area (Å²) in [4.78, 5) is 10.6. The van der Waals surface area contributed by atoms with Gasteiger partial charge in [0.2, 0.25) is 0 Å². The zero-order valence-corrected chi connectivity index (χ0v) is 19.7. The second-order valence-corrected chi connectivity index (χ2v) is 8.85. The number of hydrogen-bond acceptors (Lipinski definition) is 6. The summed E-state index contributed by atoms with van der Waals surface area (Å²) in [5.74, 6) is 0.685. The van der Waals surface area contributed by atoms with Gasteiger partial charge in [0.25, 0.3) is 0 Å². The maximum absolute atomic E-state index is 10.0. The van der Waals surface area contributed by atoms with E-state index in [1.165, 1.54) is 6.33 Å². The average molecular weight is 493 g/mol. The van der Waals surface area contributed by atoms with Crippen molar-refractivity contribution in [1.29, 1.82) is 0 Å². The van der Waals surface area contributed by atoms with Gasteiger partial charge in [0.15, 0.2) is 5.65 Å². The lowest BCUT2D eigenvalue weighted by molar-refractivity contribution is 0.0722. The Morgan fingerprint density at radius 3 is 2.56 bits per heavy atom. The van der Waals surface area contributed by atoms with Crippen molar-refractivity contribution in [1.82, 2.24) is 24.6 Å². The summed E-state index contributed by atoms with van der Waals surface area (Å²) in [6.45, 7) is 1.72. The molecule has 5 rings (SSSR count). The third-order valence-corrected chi connectivity index (χ3v) is 6.17. The van der Waals surface area contributed by atoms with Crippen LogP contribution in [0.5, 0.6) is 0 Å². The zero-order chi connectivity index (χ0) is 23.5. The number of aromatic nitrogens is 4. The molecule has 34 heavy (non-hydrogen) atoms. The molecule has 172 valence electrons. The van der Waals surface area contributed by atoms with Gasteiger partial charge in [-0.3, -0.25) is 4.68 Å². The molecule has 1 aliphatic heterocycles. The van der Waals surface area contributed by atoms with E-state index in [9.17, 15) is 5.11 Å². The highest BCUT2D eigenvalue weighted by molar-refractivity contribution is 6.33. The van der Waals surface area contributed by atoms with E-state index >= 15 is 0 Å². The Hall–Kier alpha value is -3.39. The van der Waals surface area contributed by atoms with E-state index in [2.05, 4.69) is 44.6 Å². The number of rotatable bonds is 7. The Kier molecular flexibility index (Phi) is 6.49. The van der Waals surface area contributed by atoms with Crippen molar-refractivity contribution in [3.05, 3.63) is 106 Å². The minimum Gasteiger partial charge on any atom is -0.370 e. The Morgan fingerprint density at radius 2 is 1.76 bits per heavy atom. The van der Waals surface area contributed by atoms with Gasteiger partial charge < -0.3 is 15.3 Å². The minimum absolute atomic E-state index is 0.481. The second-order valence-electron chi connectivity index (χ2n) is 8.00. The van der Waals surface area contributed by atoms with Gasteiger partial charge in [-0.25, -0.2) is 9.97 Å². The molecule has 0 amide bonds. The van der Waals surface area contributed by atoms with Crippen LogP contribution in [0.15, 0.2) is 79.4 Å². The molecular formula is C25H22Cl2N6O. The number of aliphatic hydroxyl groups is 1. The molecule has 1 unspecified atom stereocenters. The van der Waals surface area contributed by atoms with Gasteiger partial charge in [0, 0.05) is 35.5 Å². The normalized spacial score (nSPS) is 15.3. The third kappa shape index (κ3) is 5.07. The SMILES string of the molecule is OC1C=CC=CN1Cc1ccc(Cn2cc3c(NCc4cc(Cl)ccc4Cl)ncnc3n2)cc1. The first-order valence-electron chi connectivity index (χ1n) is 10.8. The van der Waals surface area contributed by atoms with Crippen molar-refractivity contribution >= 4 is 40.1 Å². The maximum Gasteiger partial charge on any atom is 0.186 e. The molecule has 4 aromatic rings. The largest absolute Gasteiger partial charge is 0.370 e. The number of benzene rings is 2. The first kappa shape index (κ1) is 22.4. The average Bonchev–Trinajstić information content (AvgIpc) is 3.25. The van der Waals surface area contributed by atoms with Crippen LogP contribution in [-0.2, 0) is 19.6 Å². The number of aliphatic hydroxyl groups excluding tert-OH is 1. The van der Waals surface area contributed by atoms with E-state index in [1.807, 2.05) is 40.2 Å². The molecule has 0 spiro atoms. The van der Waals surface area contributed by atoms with Crippen LogP contribution in [0.4, 0.5) is 5.82 Å². The van der Waals surface area contributed by atoms with Crippen LogP contribution in [0, 0.1) is 0 Å². The van der Waals surface area contributed by atoms with Crippen LogP contribution in [0.25, 0.3) is 11.0 Å². The van der Waals surface area contributed by atoms with Crippen molar-refractivity contribution in [2.24, 2.45) is 0 Å². The number of allylic oxidation sites excluding steroid dienone is 2. The Labute approximate surface area is 207 Å². The van der Waals surface area contributed by atoms with Crippen molar-refractivity contribution in [2.75, 3.05) is 5.32 Å². The molecule has 7 nitrogen and oxygen atoms in total. The van der Waals surface area contributed by atoms with E-state index in [0.717, 1.165) is 22.1 Å². The fourth-order valence-corrected chi connectivity index (χ4v) is 4.16. The highest BCUT2D eigenvalue weighted by Crippen LogP contribution is 2.24. The van der Waals surface area contributed by atoms with Crippen molar-refractivity contribution < 1.29 is 5.11 Å². The first-order chi connectivity index (χ1) is 16.5. The number of hydrogen-bond donors (Lipinski definition) is 2. The Morgan fingerprint density at radius 1 is 0.971 bits per heavy atom. The van der Waals surface area contributed by atoms with E-state index in [0.29, 0.717) is 41.1 Å². The van der Waals surface area contributed by atoms with Gasteiger partial charge in [-0.05, 0) is 47.0 Å². The number of nitrogens with zero attached hydrogens (tertiary/aromatic N) is 5. The van der Waals surface area contributed by atoms with E-state index < -0.39 is 6.23 Å². The molecule has 2 aromatic carbocycles. The molecule has 1 atom stereocenters.